The van der Waals surface area contributed by atoms with E-state index in [1.54, 1.807) is 0 Å². The second-order valence-electron chi connectivity index (χ2n) is 11.2. The van der Waals surface area contributed by atoms with Crippen LogP contribution >= 0.6 is 0 Å². The zero-order valence-corrected chi connectivity index (χ0v) is 25.1. The Balaban J connectivity index is 1.36. The van der Waals surface area contributed by atoms with E-state index in [1.807, 2.05) is 0 Å². The van der Waals surface area contributed by atoms with Crippen molar-refractivity contribution in [3.8, 4) is 0 Å². The summed E-state index contributed by atoms with van der Waals surface area (Å²) in [4.78, 5) is 0. The third kappa shape index (κ3) is 16.7. The SMILES string of the molecule is CCCCCCNc1cc[n+](CCCCCCCCCCCC[n+]2ccc(NCCCCCC)cc2)cc1. The van der Waals surface area contributed by atoms with E-state index in [1.165, 1.54) is 127 Å². The third-order valence-electron chi connectivity index (χ3n) is 7.58. The highest BCUT2D eigenvalue weighted by Gasteiger charge is 2.03. The van der Waals surface area contributed by atoms with Crippen molar-refractivity contribution in [3.63, 3.8) is 0 Å². The number of unbranched alkanes of at least 4 members (excludes halogenated alkanes) is 15. The van der Waals surface area contributed by atoms with Crippen molar-refractivity contribution in [2.45, 2.75) is 143 Å². The molecular formula is C34H60N4+2. The Labute approximate surface area is 235 Å². The maximum absolute atomic E-state index is 3.55. The lowest BCUT2D eigenvalue weighted by molar-refractivity contribution is -0.697. The predicted octanol–water partition coefficient (Wildman–Crippen LogP) is 8.85. The Morgan fingerprint density at radius 1 is 0.421 bits per heavy atom. The largest absolute Gasteiger partial charge is 0.385 e. The van der Waals surface area contributed by atoms with E-state index in [9.17, 15) is 0 Å². The molecule has 0 fully saturated rings. The molecule has 0 atom stereocenters. The predicted molar refractivity (Wildman–Crippen MR) is 165 cm³/mol. The number of aromatic nitrogens is 2. The molecule has 2 aromatic rings. The first-order chi connectivity index (χ1) is 18.8. The fourth-order valence-corrected chi connectivity index (χ4v) is 5.02. The molecular weight excluding hydrogens is 464 g/mol. The van der Waals surface area contributed by atoms with Gasteiger partial charge in [0, 0.05) is 61.6 Å². The zero-order valence-electron chi connectivity index (χ0n) is 25.1. The lowest BCUT2D eigenvalue weighted by atomic mass is 10.1. The third-order valence-corrected chi connectivity index (χ3v) is 7.58. The molecule has 2 heterocycles. The molecule has 0 bridgehead atoms. The van der Waals surface area contributed by atoms with Crippen LogP contribution in [-0.4, -0.2) is 13.1 Å². The zero-order chi connectivity index (χ0) is 26.9. The Hall–Kier alpha value is -2.10. The summed E-state index contributed by atoms with van der Waals surface area (Å²) in [5, 5.41) is 7.09. The second kappa shape index (κ2) is 22.8. The van der Waals surface area contributed by atoms with Crippen LogP contribution in [0.4, 0.5) is 11.4 Å². The van der Waals surface area contributed by atoms with E-state index in [4.69, 9.17) is 0 Å². The molecule has 2 rings (SSSR count). The standard InChI is InChI=1S/C34H58N4/c1-3-5-7-17-25-35-33-21-29-37(30-22-33)27-19-15-13-11-9-10-12-14-16-20-28-38-31-23-34(24-32-38)36-26-18-8-6-4-2/h21-24,29-32H,3-20,25-28H2,1-2H3/p+2. The molecule has 214 valence electrons. The Morgan fingerprint density at radius 2 is 0.737 bits per heavy atom. The molecule has 0 aliphatic rings. The van der Waals surface area contributed by atoms with Crippen molar-refractivity contribution >= 4 is 11.4 Å². The lowest BCUT2D eigenvalue weighted by Crippen LogP contribution is -2.32. The number of nitrogens with one attached hydrogen (secondary N) is 2. The molecule has 0 amide bonds. The smallest absolute Gasteiger partial charge is 0.170 e. The Morgan fingerprint density at radius 3 is 1.08 bits per heavy atom. The summed E-state index contributed by atoms with van der Waals surface area (Å²) in [6, 6.07) is 8.90. The summed E-state index contributed by atoms with van der Waals surface area (Å²) in [7, 11) is 0. The van der Waals surface area contributed by atoms with Gasteiger partial charge in [-0.25, -0.2) is 9.13 Å². The maximum atomic E-state index is 3.55. The van der Waals surface area contributed by atoms with E-state index >= 15 is 0 Å². The molecule has 0 spiro atoms. The van der Waals surface area contributed by atoms with Crippen molar-refractivity contribution < 1.29 is 9.13 Å². The molecule has 38 heavy (non-hydrogen) atoms. The summed E-state index contributed by atoms with van der Waals surface area (Å²) in [6.45, 7) is 9.01. The fraction of sp³-hybridized carbons (Fsp3) is 0.706. The van der Waals surface area contributed by atoms with Gasteiger partial charge in [-0.05, 0) is 25.7 Å². The number of anilines is 2. The Bertz CT molecular complexity index is 705. The average Bonchev–Trinajstić information content (AvgIpc) is 2.95. The minimum Gasteiger partial charge on any atom is -0.385 e. The van der Waals surface area contributed by atoms with Crippen LogP contribution in [0.2, 0.25) is 0 Å². The number of pyridine rings is 2. The monoisotopic (exact) mass is 524 g/mol. The van der Waals surface area contributed by atoms with Crippen molar-refractivity contribution in [1.82, 2.24) is 0 Å². The van der Waals surface area contributed by atoms with Crippen molar-refractivity contribution in [2.75, 3.05) is 23.7 Å². The van der Waals surface area contributed by atoms with Gasteiger partial charge in [-0.15, -0.1) is 0 Å². The van der Waals surface area contributed by atoms with Gasteiger partial charge in [-0.3, -0.25) is 0 Å². The highest BCUT2D eigenvalue weighted by molar-refractivity contribution is 5.40. The van der Waals surface area contributed by atoms with E-state index < -0.39 is 0 Å². The summed E-state index contributed by atoms with van der Waals surface area (Å²) in [5.74, 6) is 0. The molecule has 0 unspecified atom stereocenters. The van der Waals surface area contributed by atoms with Gasteiger partial charge in [0.05, 0.1) is 0 Å². The first kappa shape index (κ1) is 32.1. The minimum absolute atomic E-state index is 1.09. The molecule has 0 aliphatic heterocycles. The van der Waals surface area contributed by atoms with Crippen molar-refractivity contribution in [1.29, 1.82) is 0 Å². The van der Waals surface area contributed by atoms with Gasteiger partial charge in [0.15, 0.2) is 24.8 Å². The molecule has 0 radical (unpaired) electrons. The van der Waals surface area contributed by atoms with Crippen LogP contribution < -0.4 is 19.8 Å². The first-order valence-corrected chi connectivity index (χ1v) is 16.3. The summed E-state index contributed by atoms with van der Waals surface area (Å²) in [5.41, 5.74) is 2.51. The summed E-state index contributed by atoms with van der Waals surface area (Å²) >= 11 is 0. The fourth-order valence-electron chi connectivity index (χ4n) is 5.02. The van der Waals surface area contributed by atoms with Crippen LogP contribution in [0.3, 0.4) is 0 Å². The highest BCUT2D eigenvalue weighted by Crippen LogP contribution is 2.11. The number of rotatable bonds is 25. The first-order valence-electron chi connectivity index (χ1n) is 16.3. The molecule has 0 aliphatic carbocycles. The molecule has 4 heteroatoms. The molecule has 0 aromatic carbocycles. The van der Waals surface area contributed by atoms with Crippen LogP contribution in [0.5, 0.6) is 0 Å². The quantitative estimate of drug-likeness (QED) is 0.100. The molecule has 0 saturated heterocycles. The Kier molecular flexibility index (Phi) is 19.3. The number of aryl methyl sites for hydroxylation is 2. The summed E-state index contributed by atoms with van der Waals surface area (Å²) < 4.78 is 4.67. The molecule has 2 aromatic heterocycles. The number of hydrogen-bond donors (Lipinski definition) is 2. The maximum Gasteiger partial charge on any atom is 0.170 e. The van der Waals surface area contributed by atoms with Gasteiger partial charge < -0.3 is 10.6 Å². The second-order valence-corrected chi connectivity index (χ2v) is 11.2. The van der Waals surface area contributed by atoms with Crippen LogP contribution in [0.25, 0.3) is 0 Å². The van der Waals surface area contributed by atoms with E-state index in [0.29, 0.717) is 0 Å². The van der Waals surface area contributed by atoms with E-state index in [2.05, 4.69) is 82.7 Å². The van der Waals surface area contributed by atoms with E-state index in [0.717, 1.165) is 26.2 Å². The number of hydrogen-bond acceptors (Lipinski definition) is 2. The molecule has 0 saturated carbocycles. The van der Waals surface area contributed by atoms with Crippen LogP contribution in [0, 0.1) is 0 Å². The summed E-state index contributed by atoms with van der Waals surface area (Å²) in [6.07, 6.45) is 33.2. The normalized spacial score (nSPS) is 11.1. The topological polar surface area (TPSA) is 31.8 Å². The van der Waals surface area contributed by atoms with Gasteiger partial charge in [-0.1, -0.05) is 90.9 Å². The van der Waals surface area contributed by atoms with E-state index in [-0.39, 0.29) is 0 Å². The van der Waals surface area contributed by atoms with Gasteiger partial charge >= 0.3 is 0 Å². The number of nitrogens with zero attached hydrogens (tertiary/aromatic N) is 2. The molecule has 4 nitrogen and oxygen atoms in total. The van der Waals surface area contributed by atoms with Gasteiger partial charge in [-0.2, -0.15) is 0 Å². The van der Waals surface area contributed by atoms with Crippen molar-refractivity contribution in [3.05, 3.63) is 49.1 Å². The van der Waals surface area contributed by atoms with Gasteiger partial charge in [0.1, 0.15) is 13.1 Å². The van der Waals surface area contributed by atoms with Crippen molar-refractivity contribution in [2.24, 2.45) is 0 Å². The van der Waals surface area contributed by atoms with Gasteiger partial charge in [0.25, 0.3) is 0 Å². The van der Waals surface area contributed by atoms with Crippen LogP contribution in [0.15, 0.2) is 49.1 Å². The lowest BCUT2D eigenvalue weighted by Gasteiger charge is -2.05. The van der Waals surface area contributed by atoms with Gasteiger partial charge in [0.2, 0.25) is 0 Å². The molecule has 2 N–H and O–H groups in total. The average molecular weight is 525 g/mol. The highest BCUT2D eigenvalue weighted by atomic mass is 14.9. The van der Waals surface area contributed by atoms with Crippen LogP contribution in [-0.2, 0) is 13.1 Å². The van der Waals surface area contributed by atoms with Crippen LogP contribution in [0.1, 0.15) is 129 Å². The minimum atomic E-state index is 1.09.